The van der Waals surface area contributed by atoms with Gasteiger partial charge in [0.1, 0.15) is 5.75 Å². The highest BCUT2D eigenvalue weighted by molar-refractivity contribution is 6.33. The molecule has 0 aliphatic carbocycles. The molecule has 2 aromatic carbocycles. The van der Waals surface area contributed by atoms with Crippen molar-refractivity contribution in [3.8, 4) is 5.75 Å². The summed E-state index contributed by atoms with van der Waals surface area (Å²) in [6, 6.07) is 8.44. The van der Waals surface area contributed by atoms with E-state index in [1.807, 2.05) is 6.92 Å². The number of amides is 1. The number of aryl methyl sites for hydroxylation is 1. The number of nitro benzene ring substituents is 1. The fourth-order valence-corrected chi connectivity index (χ4v) is 2.16. The summed E-state index contributed by atoms with van der Waals surface area (Å²) in [7, 11) is 0. The van der Waals surface area contributed by atoms with E-state index < -0.39 is 10.8 Å². The van der Waals surface area contributed by atoms with Crippen molar-refractivity contribution in [1.29, 1.82) is 0 Å². The first-order chi connectivity index (χ1) is 10.9. The largest absolute Gasteiger partial charge is 0.508 e. The number of nitrogens with one attached hydrogen (secondary N) is 1. The quantitative estimate of drug-likeness (QED) is 0.509. The Bertz CT molecular complexity index is 805. The van der Waals surface area contributed by atoms with Crippen LogP contribution in [-0.2, 0) is 0 Å². The molecule has 118 valence electrons. The van der Waals surface area contributed by atoms with E-state index in [1.165, 1.54) is 12.1 Å². The summed E-state index contributed by atoms with van der Waals surface area (Å²) in [5, 5.41) is 24.2. The number of aromatic hydroxyl groups is 1. The molecule has 0 saturated heterocycles. The monoisotopic (exact) mass is 333 g/mol. The van der Waals surface area contributed by atoms with E-state index in [4.69, 9.17) is 11.6 Å². The van der Waals surface area contributed by atoms with Gasteiger partial charge in [-0.05, 0) is 36.8 Å². The molecule has 8 heteroatoms. The van der Waals surface area contributed by atoms with Crippen LogP contribution in [0, 0.1) is 17.0 Å². The Morgan fingerprint density at radius 3 is 2.74 bits per heavy atom. The van der Waals surface area contributed by atoms with Gasteiger partial charge in [0.25, 0.3) is 11.6 Å². The van der Waals surface area contributed by atoms with E-state index in [0.29, 0.717) is 0 Å². The number of hydrazone groups is 1. The van der Waals surface area contributed by atoms with Crippen LogP contribution in [0.5, 0.6) is 5.75 Å². The van der Waals surface area contributed by atoms with Gasteiger partial charge in [0.2, 0.25) is 0 Å². The molecule has 0 aliphatic rings. The second-order valence-electron chi connectivity index (χ2n) is 4.68. The molecule has 0 aliphatic heterocycles. The van der Waals surface area contributed by atoms with Gasteiger partial charge in [-0.3, -0.25) is 14.9 Å². The van der Waals surface area contributed by atoms with Crippen LogP contribution in [0.1, 0.15) is 21.5 Å². The molecule has 1 amide bonds. The lowest BCUT2D eigenvalue weighted by Gasteiger charge is -2.03. The summed E-state index contributed by atoms with van der Waals surface area (Å²) in [6.07, 6.45) is 1.08. The van der Waals surface area contributed by atoms with Crippen LogP contribution < -0.4 is 5.43 Å². The highest BCUT2D eigenvalue weighted by Gasteiger charge is 2.13. The average molecular weight is 334 g/mol. The third-order valence-corrected chi connectivity index (χ3v) is 3.26. The zero-order valence-corrected chi connectivity index (χ0v) is 12.7. The molecule has 0 atom stereocenters. The van der Waals surface area contributed by atoms with Crippen molar-refractivity contribution in [2.45, 2.75) is 6.92 Å². The molecule has 0 bridgehead atoms. The van der Waals surface area contributed by atoms with Gasteiger partial charge in [-0.1, -0.05) is 17.7 Å². The zero-order chi connectivity index (χ0) is 17.0. The van der Waals surface area contributed by atoms with E-state index in [0.717, 1.165) is 17.8 Å². The number of phenolic OH excluding ortho intramolecular Hbond substituents is 1. The molecular formula is C15H12ClN3O4. The summed E-state index contributed by atoms with van der Waals surface area (Å²) in [4.78, 5) is 22.2. The van der Waals surface area contributed by atoms with Gasteiger partial charge < -0.3 is 5.11 Å². The Kier molecular flexibility index (Phi) is 4.92. The van der Waals surface area contributed by atoms with Crippen LogP contribution in [0.3, 0.4) is 0 Å². The molecule has 0 radical (unpaired) electrons. The van der Waals surface area contributed by atoms with Crippen molar-refractivity contribution < 1.29 is 14.8 Å². The smallest absolute Gasteiger partial charge is 0.278 e. The van der Waals surface area contributed by atoms with Crippen LogP contribution in [0.2, 0.25) is 5.02 Å². The number of nitrogens with zero attached hydrogens (tertiary/aromatic N) is 2. The van der Waals surface area contributed by atoms with Gasteiger partial charge in [0.05, 0.1) is 27.3 Å². The zero-order valence-electron chi connectivity index (χ0n) is 12.0. The predicted octanol–water partition coefficient (Wildman–Crippen LogP) is 3.03. The van der Waals surface area contributed by atoms with Gasteiger partial charge in [-0.15, -0.1) is 0 Å². The number of hydrogen-bond acceptors (Lipinski definition) is 5. The number of carbonyl (C=O) groups is 1. The molecule has 0 saturated carbocycles. The summed E-state index contributed by atoms with van der Waals surface area (Å²) < 4.78 is 0. The Hall–Kier alpha value is -2.93. The number of nitro groups is 1. The van der Waals surface area contributed by atoms with Crippen molar-refractivity contribution >= 4 is 29.4 Å². The van der Waals surface area contributed by atoms with Crippen LogP contribution >= 0.6 is 11.6 Å². The Labute approximate surface area is 136 Å². The number of carbonyl (C=O) groups excluding carboxylic acids is 1. The molecule has 2 aromatic rings. The predicted molar refractivity (Wildman–Crippen MR) is 86.0 cm³/mol. The van der Waals surface area contributed by atoms with Gasteiger partial charge in [-0.2, -0.15) is 5.10 Å². The lowest BCUT2D eigenvalue weighted by molar-refractivity contribution is -0.385. The van der Waals surface area contributed by atoms with Crippen LogP contribution in [0.4, 0.5) is 5.69 Å². The van der Waals surface area contributed by atoms with Gasteiger partial charge in [0.15, 0.2) is 0 Å². The van der Waals surface area contributed by atoms with E-state index in [2.05, 4.69) is 10.5 Å². The maximum Gasteiger partial charge on any atom is 0.278 e. The number of benzene rings is 2. The molecule has 0 aromatic heterocycles. The summed E-state index contributed by atoms with van der Waals surface area (Å²) >= 11 is 5.97. The number of hydrogen-bond donors (Lipinski definition) is 2. The Morgan fingerprint density at radius 1 is 1.35 bits per heavy atom. The minimum absolute atomic E-state index is 0.0605. The maximum absolute atomic E-state index is 12.0. The fourth-order valence-electron chi connectivity index (χ4n) is 1.84. The lowest BCUT2D eigenvalue weighted by atomic mass is 10.1. The third-order valence-electron chi connectivity index (χ3n) is 2.95. The van der Waals surface area contributed by atoms with Gasteiger partial charge in [-0.25, -0.2) is 5.43 Å². The van der Waals surface area contributed by atoms with Crippen LogP contribution in [-0.4, -0.2) is 22.2 Å². The molecule has 2 rings (SSSR count). The number of halogens is 1. The van der Waals surface area contributed by atoms with Crippen LogP contribution in [0.15, 0.2) is 41.5 Å². The number of phenols is 1. The van der Waals surface area contributed by atoms with Crippen molar-refractivity contribution in [3.63, 3.8) is 0 Å². The molecule has 0 unspecified atom stereocenters. The first-order valence-electron chi connectivity index (χ1n) is 6.45. The first kappa shape index (κ1) is 16.4. The highest BCUT2D eigenvalue weighted by Crippen LogP contribution is 2.21. The average Bonchev–Trinajstić information content (AvgIpc) is 2.46. The molecule has 2 N–H and O–H groups in total. The van der Waals surface area contributed by atoms with E-state index in [1.54, 1.807) is 18.2 Å². The molecule has 0 fully saturated rings. The van der Waals surface area contributed by atoms with Crippen LogP contribution in [0.25, 0.3) is 0 Å². The SMILES string of the molecule is Cc1ccc(C(=O)NN=Cc2cc(O)ccc2[N+](=O)[O-])c(Cl)c1. The molecule has 23 heavy (non-hydrogen) atoms. The normalized spacial score (nSPS) is 10.7. The van der Waals surface area contributed by atoms with Crippen molar-refractivity contribution in [2.75, 3.05) is 0 Å². The second-order valence-corrected chi connectivity index (χ2v) is 5.09. The highest BCUT2D eigenvalue weighted by atomic mass is 35.5. The van der Waals surface area contributed by atoms with Gasteiger partial charge in [0, 0.05) is 6.07 Å². The minimum Gasteiger partial charge on any atom is -0.508 e. The molecule has 0 spiro atoms. The van der Waals surface area contributed by atoms with E-state index in [9.17, 15) is 20.0 Å². The van der Waals surface area contributed by atoms with Gasteiger partial charge >= 0.3 is 0 Å². The van der Waals surface area contributed by atoms with E-state index >= 15 is 0 Å². The maximum atomic E-state index is 12.0. The van der Waals surface area contributed by atoms with E-state index in [-0.39, 0.29) is 27.6 Å². The standard InChI is InChI=1S/C15H12ClN3O4/c1-9-2-4-12(13(16)6-9)15(21)18-17-8-10-7-11(20)3-5-14(10)19(22)23/h2-8,20H,1H3,(H,18,21). The molecule has 7 nitrogen and oxygen atoms in total. The first-order valence-corrected chi connectivity index (χ1v) is 6.83. The summed E-state index contributed by atoms with van der Waals surface area (Å²) in [5.41, 5.74) is 3.20. The Morgan fingerprint density at radius 2 is 2.09 bits per heavy atom. The van der Waals surface area contributed by atoms with Crippen molar-refractivity contribution in [2.24, 2.45) is 5.10 Å². The second kappa shape index (κ2) is 6.89. The number of rotatable bonds is 4. The minimum atomic E-state index is -0.612. The molecule has 0 heterocycles. The summed E-state index contributed by atoms with van der Waals surface area (Å²) in [6.45, 7) is 1.84. The third kappa shape index (κ3) is 4.04. The lowest BCUT2D eigenvalue weighted by Crippen LogP contribution is -2.18. The fraction of sp³-hybridized carbons (Fsp3) is 0.0667. The molecular weight excluding hydrogens is 322 g/mol. The van der Waals surface area contributed by atoms with Crippen molar-refractivity contribution in [1.82, 2.24) is 5.43 Å². The topological polar surface area (TPSA) is 105 Å². The Balaban J connectivity index is 2.17. The summed E-state index contributed by atoms with van der Waals surface area (Å²) in [5.74, 6) is -0.695. The van der Waals surface area contributed by atoms with Crippen molar-refractivity contribution in [3.05, 3.63) is 68.2 Å².